The molecule has 0 aromatic heterocycles. The van der Waals surface area contributed by atoms with E-state index in [-0.39, 0.29) is 18.9 Å². The van der Waals surface area contributed by atoms with Gasteiger partial charge in [-0.05, 0) is 5.56 Å². The van der Waals surface area contributed by atoms with E-state index in [1.54, 1.807) is 0 Å². The van der Waals surface area contributed by atoms with Gasteiger partial charge in [0.05, 0.1) is 6.54 Å². The molecule has 8 heteroatoms. The van der Waals surface area contributed by atoms with Gasteiger partial charge in [0.1, 0.15) is 6.61 Å². The van der Waals surface area contributed by atoms with Crippen LogP contribution in [0.5, 0.6) is 0 Å². The van der Waals surface area contributed by atoms with E-state index in [2.05, 4.69) is 5.32 Å². The lowest BCUT2D eigenvalue weighted by atomic mass is 10.2. The highest BCUT2D eigenvalue weighted by molar-refractivity contribution is 7.50. The smallest absolute Gasteiger partial charge is 0.264 e. The fraction of sp³-hybridized carbons (Fsp3) is 0.364. The van der Waals surface area contributed by atoms with E-state index in [1.807, 2.05) is 30.3 Å². The highest BCUT2D eigenvalue weighted by Gasteiger charge is 2.29. The number of hydrogen-bond acceptors (Lipinski definition) is 4. The van der Waals surface area contributed by atoms with Gasteiger partial charge in [-0.1, -0.05) is 65.1 Å². The summed E-state index contributed by atoms with van der Waals surface area (Å²) in [7, 11) is -2.88. The first-order valence-electron chi connectivity index (χ1n) is 5.40. The summed E-state index contributed by atoms with van der Waals surface area (Å²) < 4.78 is 14.0. The van der Waals surface area contributed by atoms with Crippen LogP contribution in [0.25, 0.3) is 0 Å². The monoisotopic (exact) mass is 343 g/mol. The van der Waals surface area contributed by atoms with Crippen LogP contribution in [0.2, 0.25) is 0 Å². The van der Waals surface area contributed by atoms with Gasteiger partial charge >= 0.3 is 0 Å². The Morgan fingerprint density at radius 2 is 1.89 bits per heavy atom. The van der Waals surface area contributed by atoms with E-state index in [9.17, 15) is 9.36 Å². The molecule has 0 fully saturated rings. The molecule has 1 aromatic carbocycles. The lowest BCUT2D eigenvalue weighted by molar-refractivity contribution is -0.120. The number of nitrogens with one attached hydrogen (secondary N) is 1. The average Bonchev–Trinajstić information content (AvgIpc) is 2.36. The Hall–Kier alpha value is -0.0900. The van der Waals surface area contributed by atoms with Gasteiger partial charge in [0.25, 0.3) is 3.53 Å². The van der Waals surface area contributed by atoms with Gasteiger partial charge in [0, 0.05) is 6.54 Å². The van der Waals surface area contributed by atoms with E-state index < -0.39 is 11.6 Å². The Kier molecular flexibility index (Phi) is 7.37. The van der Waals surface area contributed by atoms with Crippen molar-refractivity contribution in [1.82, 2.24) is 5.32 Å². The van der Waals surface area contributed by atoms with Crippen molar-refractivity contribution < 1.29 is 13.9 Å². The predicted octanol–water partition coefficient (Wildman–Crippen LogP) is 3.16. The maximum Gasteiger partial charge on any atom is 0.264 e. The van der Waals surface area contributed by atoms with Gasteiger partial charge in [0.2, 0.25) is 8.03 Å². The Labute approximate surface area is 127 Å². The Balaban J connectivity index is 2.20. The number of rotatable bonds is 7. The highest BCUT2D eigenvalue weighted by Crippen LogP contribution is 2.50. The molecule has 0 heterocycles. The molecule has 1 atom stereocenters. The highest BCUT2D eigenvalue weighted by atomic mass is 35.6. The summed E-state index contributed by atoms with van der Waals surface area (Å²) in [5, 5.41) is 2.94. The van der Waals surface area contributed by atoms with Gasteiger partial charge in [-0.15, -0.1) is 0 Å². The zero-order chi connectivity index (χ0) is 14.3. The third-order valence-corrected chi connectivity index (χ3v) is 4.35. The summed E-state index contributed by atoms with van der Waals surface area (Å²) in [5.74, 6) is -0.261. The van der Waals surface area contributed by atoms with Crippen molar-refractivity contribution in [3.05, 3.63) is 35.9 Å². The summed E-state index contributed by atoms with van der Waals surface area (Å²) in [4.78, 5) is 11.4. The number of carbonyl (C=O) groups is 1. The zero-order valence-corrected chi connectivity index (χ0v) is 13.1. The van der Waals surface area contributed by atoms with Crippen LogP contribution in [0, 0.1) is 0 Å². The molecule has 1 aromatic rings. The number of halogens is 3. The molecule has 0 radical (unpaired) electrons. The molecule has 0 saturated heterocycles. The van der Waals surface area contributed by atoms with Crippen LogP contribution in [0.1, 0.15) is 5.56 Å². The molecule has 0 aliphatic heterocycles. The van der Waals surface area contributed by atoms with Crippen LogP contribution in [-0.4, -0.2) is 22.5 Å². The minimum absolute atomic E-state index is 0.101. The first-order valence-corrected chi connectivity index (χ1v) is 7.85. The topological polar surface area (TPSA) is 55.4 Å². The fourth-order valence-electron chi connectivity index (χ4n) is 1.22. The summed E-state index contributed by atoms with van der Waals surface area (Å²) in [6, 6.07) is 9.62. The summed E-state index contributed by atoms with van der Waals surface area (Å²) in [6.07, 6.45) is 0. The van der Waals surface area contributed by atoms with Gasteiger partial charge < -0.3 is 9.84 Å². The Morgan fingerprint density at radius 1 is 1.26 bits per heavy atom. The third-order valence-electron chi connectivity index (χ3n) is 2.09. The van der Waals surface area contributed by atoms with Gasteiger partial charge in [-0.2, -0.15) is 0 Å². The number of Topliss-reactive ketones (excluding diaryl/α,β-unsaturated/α-hetero) is 1. The van der Waals surface area contributed by atoms with Crippen molar-refractivity contribution in [1.29, 1.82) is 0 Å². The second-order valence-electron chi connectivity index (χ2n) is 3.70. The van der Waals surface area contributed by atoms with Crippen LogP contribution in [0.15, 0.2) is 30.3 Å². The lowest BCUT2D eigenvalue weighted by Crippen LogP contribution is -2.25. The maximum atomic E-state index is 11.4. The molecule has 1 rings (SSSR count). The van der Waals surface area contributed by atoms with Crippen LogP contribution < -0.4 is 5.32 Å². The Bertz CT molecular complexity index is 437. The van der Waals surface area contributed by atoms with Crippen molar-refractivity contribution in [3.63, 3.8) is 0 Å². The minimum Gasteiger partial charge on any atom is -0.320 e. The van der Waals surface area contributed by atoms with Crippen molar-refractivity contribution in [2.45, 2.75) is 10.1 Å². The molecular formula is C11H13Cl3NO3P. The first-order chi connectivity index (χ1) is 8.89. The van der Waals surface area contributed by atoms with E-state index >= 15 is 0 Å². The standard InChI is InChI=1S/C11H13Cl3NO3P/c12-11(13,14)19(17)18-8-10(16)7-15-6-9-4-2-1-3-5-9/h1-5,15,19H,6-8H2. The minimum atomic E-state index is -2.88. The summed E-state index contributed by atoms with van der Waals surface area (Å²) in [6.45, 7) is 0.323. The quantitative estimate of drug-likeness (QED) is 0.610. The lowest BCUT2D eigenvalue weighted by Gasteiger charge is -2.10. The third kappa shape index (κ3) is 7.31. The molecule has 0 bridgehead atoms. The van der Waals surface area contributed by atoms with E-state index in [0.717, 1.165) is 5.56 Å². The van der Waals surface area contributed by atoms with Gasteiger partial charge in [0.15, 0.2) is 5.78 Å². The number of benzene rings is 1. The van der Waals surface area contributed by atoms with E-state index in [4.69, 9.17) is 39.3 Å². The fourth-order valence-corrected chi connectivity index (χ4v) is 2.17. The van der Waals surface area contributed by atoms with Crippen molar-refractivity contribution in [3.8, 4) is 0 Å². The van der Waals surface area contributed by atoms with Crippen molar-refractivity contribution in [2.75, 3.05) is 13.2 Å². The predicted molar refractivity (Wildman–Crippen MR) is 78.4 cm³/mol. The molecule has 19 heavy (non-hydrogen) atoms. The largest absolute Gasteiger partial charge is 0.320 e. The number of alkyl halides is 3. The van der Waals surface area contributed by atoms with E-state index in [0.29, 0.717) is 6.54 Å². The average molecular weight is 345 g/mol. The second-order valence-corrected chi connectivity index (χ2v) is 8.55. The van der Waals surface area contributed by atoms with Crippen LogP contribution in [-0.2, 0) is 20.4 Å². The Morgan fingerprint density at radius 3 is 2.47 bits per heavy atom. The SMILES string of the molecule is O=C(CNCc1ccccc1)CO[PH](=O)C(Cl)(Cl)Cl. The molecule has 0 aliphatic carbocycles. The van der Waals surface area contributed by atoms with Crippen LogP contribution in [0.4, 0.5) is 0 Å². The molecule has 106 valence electrons. The normalized spacial score (nSPS) is 13.2. The van der Waals surface area contributed by atoms with Gasteiger partial charge in [-0.3, -0.25) is 9.36 Å². The molecule has 1 unspecified atom stereocenters. The zero-order valence-electron chi connectivity index (χ0n) is 9.87. The molecular weight excluding hydrogens is 331 g/mol. The van der Waals surface area contributed by atoms with Crippen LogP contribution in [0.3, 0.4) is 0 Å². The second kappa shape index (κ2) is 8.25. The first kappa shape index (κ1) is 17.0. The van der Waals surface area contributed by atoms with Gasteiger partial charge in [-0.25, -0.2) is 0 Å². The maximum absolute atomic E-state index is 11.4. The molecule has 0 saturated carbocycles. The molecule has 0 aliphatic rings. The van der Waals surface area contributed by atoms with Crippen molar-refractivity contribution >= 4 is 48.6 Å². The van der Waals surface area contributed by atoms with Crippen LogP contribution >= 0.6 is 42.8 Å². The molecule has 1 N–H and O–H groups in total. The molecule has 0 spiro atoms. The van der Waals surface area contributed by atoms with E-state index in [1.165, 1.54) is 0 Å². The molecule has 0 amide bonds. The number of carbonyl (C=O) groups excluding carboxylic acids is 1. The number of hydrogen-bond donors (Lipinski definition) is 1. The molecule has 4 nitrogen and oxygen atoms in total. The summed E-state index contributed by atoms with van der Waals surface area (Å²) in [5.41, 5.74) is 1.06. The summed E-state index contributed by atoms with van der Waals surface area (Å²) >= 11 is 16.1. The number of ketones is 1. The van der Waals surface area contributed by atoms with Crippen molar-refractivity contribution in [2.24, 2.45) is 0 Å².